The van der Waals surface area contributed by atoms with E-state index in [9.17, 15) is 4.79 Å². The number of rotatable bonds is 6. The fraction of sp³-hybridized carbons (Fsp3) is 0.833. The molecule has 1 saturated heterocycles. The molecule has 0 aromatic carbocycles. The predicted octanol–water partition coefficient (Wildman–Crippen LogP) is 1.55. The van der Waals surface area contributed by atoms with Crippen molar-refractivity contribution in [1.82, 2.24) is 5.32 Å². The van der Waals surface area contributed by atoms with E-state index in [4.69, 9.17) is 10.9 Å². The molecule has 0 bridgehead atoms. The molecule has 1 rings (SSSR count). The van der Waals surface area contributed by atoms with Crippen LogP contribution >= 0.6 is 11.8 Å². The second-order valence-corrected chi connectivity index (χ2v) is 5.92. The standard InChI is InChI=1S/C12H23N3O2S/c1-2-3-10(12(13)15-17)14-11(16)8-9-4-6-18-7-5-9/h9-10,17H,2-8H2,1H3,(H2,13,15)(H,14,16). The molecule has 0 aliphatic carbocycles. The number of amides is 1. The SMILES string of the molecule is CCCC(NC(=O)CC1CCSCC1)C(N)=NO. The fourth-order valence-corrected chi connectivity index (χ4v) is 3.32. The van der Waals surface area contributed by atoms with Crippen LogP contribution in [0.5, 0.6) is 0 Å². The lowest BCUT2D eigenvalue weighted by Crippen LogP contribution is -2.45. The molecular formula is C12H23N3O2S. The Kier molecular flexibility index (Phi) is 6.93. The second kappa shape index (κ2) is 8.24. The number of oxime groups is 1. The zero-order valence-electron chi connectivity index (χ0n) is 10.9. The van der Waals surface area contributed by atoms with Gasteiger partial charge >= 0.3 is 0 Å². The van der Waals surface area contributed by atoms with Crippen LogP contribution in [0.1, 0.15) is 39.0 Å². The maximum absolute atomic E-state index is 11.9. The van der Waals surface area contributed by atoms with E-state index < -0.39 is 0 Å². The number of carbonyl (C=O) groups is 1. The highest BCUT2D eigenvalue weighted by Gasteiger charge is 2.20. The van der Waals surface area contributed by atoms with E-state index in [1.807, 2.05) is 18.7 Å². The molecule has 1 aliphatic rings. The molecule has 0 aromatic heterocycles. The van der Waals surface area contributed by atoms with Crippen LogP contribution < -0.4 is 11.1 Å². The summed E-state index contributed by atoms with van der Waals surface area (Å²) in [5.41, 5.74) is 5.57. The zero-order chi connectivity index (χ0) is 13.4. The van der Waals surface area contributed by atoms with E-state index >= 15 is 0 Å². The number of nitrogens with one attached hydrogen (secondary N) is 1. The van der Waals surface area contributed by atoms with Gasteiger partial charge in [-0.2, -0.15) is 11.8 Å². The van der Waals surface area contributed by atoms with Crippen molar-refractivity contribution in [2.24, 2.45) is 16.8 Å². The monoisotopic (exact) mass is 273 g/mol. The third-order valence-corrected chi connectivity index (χ3v) is 4.25. The summed E-state index contributed by atoms with van der Waals surface area (Å²) in [7, 11) is 0. The summed E-state index contributed by atoms with van der Waals surface area (Å²) in [5.74, 6) is 2.88. The average Bonchev–Trinajstić information content (AvgIpc) is 2.38. The van der Waals surface area contributed by atoms with Crippen molar-refractivity contribution in [2.45, 2.75) is 45.1 Å². The first-order valence-electron chi connectivity index (χ1n) is 6.51. The van der Waals surface area contributed by atoms with Crippen molar-refractivity contribution in [3.63, 3.8) is 0 Å². The fourth-order valence-electron chi connectivity index (χ4n) is 2.12. The first-order chi connectivity index (χ1) is 8.67. The van der Waals surface area contributed by atoms with Crippen molar-refractivity contribution in [2.75, 3.05) is 11.5 Å². The molecule has 1 unspecified atom stereocenters. The van der Waals surface area contributed by atoms with Gasteiger partial charge in [0.25, 0.3) is 0 Å². The van der Waals surface area contributed by atoms with Gasteiger partial charge in [-0.3, -0.25) is 4.79 Å². The largest absolute Gasteiger partial charge is 0.409 e. The van der Waals surface area contributed by atoms with Gasteiger partial charge in [0, 0.05) is 6.42 Å². The lowest BCUT2D eigenvalue weighted by atomic mass is 9.98. The smallest absolute Gasteiger partial charge is 0.220 e. The summed E-state index contributed by atoms with van der Waals surface area (Å²) in [6.07, 6.45) is 4.35. The van der Waals surface area contributed by atoms with E-state index in [1.54, 1.807) is 0 Å². The lowest BCUT2D eigenvalue weighted by Gasteiger charge is -2.22. The van der Waals surface area contributed by atoms with Crippen molar-refractivity contribution in [3.8, 4) is 0 Å². The molecule has 18 heavy (non-hydrogen) atoms. The third-order valence-electron chi connectivity index (χ3n) is 3.20. The Morgan fingerprint density at radius 1 is 1.56 bits per heavy atom. The predicted molar refractivity (Wildman–Crippen MR) is 74.9 cm³/mol. The zero-order valence-corrected chi connectivity index (χ0v) is 11.7. The number of thioether (sulfide) groups is 1. The highest BCUT2D eigenvalue weighted by molar-refractivity contribution is 7.99. The Morgan fingerprint density at radius 2 is 2.22 bits per heavy atom. The first kappa shape index (κ1) is 15.1. The van der Waals surface area contributed by atoms with Gasteiger partial charge in [-0.25, -0.2) is 0 Å². The molecule has 1 amide bonds. The van der Waals surface area contributed by atoms with Crippen LogP contribution in [0.2, 0.25) is 0 Å². The van der Waals surface area contributed by atoms with Crippen LogP contribution in [-0.2, 0) is 4.79 Å². The molecule has 1 heterocycles. The van der Waals surface area contributed by atoms with Gasteiger partial charge in [-0.1, -0.05) is 18.5 Å². The Balaban J connectivity index is 2.40. The Hall–Kier alpha value is -0.910. The minimum absolute atomic E-state index is 0.0111. The van der Waals surface area contributed by atoms with Gasteiger partial charge in [-0.15, -0.1) is 0 Å². The van der Waals surface area contributed by atoms with E-state index in [-0.39, 0.29) is 17.8 Å². The van der Waals surface area contributed by atoms with Crippen LogP contribution in [0.25, 0.3) is 0 Å². The molecule has 1 aliphatic heterocycles. The molecule has 4 N–H and O–H groups in total. The molecule has 1 atom stereocenters. The van der Waals surface area contributed by atoms with Crippen LogP contribution in [0.3, 0.4) is 0 Å². The number of hydrogen-bond acceptors (Lipinski definition) is 4. The number of nitrogens with zero attached hydrogens (tertiary/aromatic N) is 1. The van der Waals surface area contributed by atoms with E-state index in [1.165, 1.54) is 0 Å². The summed E-state index contributed by atoms with van der Waals surface area (Å²) in [6, 6.07) is -0.342. The molecule has 0 saturated carbocycles. The van der Waals surface area contributed by atoms with Gasteiger partial charge in [0.1, 0.15) is 0 Å². The number of nitrogens with two attached hydrogens (primary N) is 1. The van der Waals surface area contributed by atoms with Gasteiger partial charge < -0.3 is 16.3 Å². The minimum atomic E-state index is -0.342. The van der Waals surface area contributed by atoms with Crippen LogP contribution in [0, 0.1) is 5.92 Å². The minimum Gasteiger partial charge on any atom is -0.409 e. The quantitative estimate of drug-likeness (QED) is 0.296. The van der Waals surface area contributed by atoms with Gasteiger partial charge in [-0.05, 0) is 36.7 Å². The van der Waals surface area contributed by atoms with Gasteiger partial charge in [0.05, 0.1) is 6.04 Å². The van der Waals surface area contributed by atoms with E-state index in [0.29, 0.717) is 18.8 Å². The molecule has 0 spiro atoms. The van der Waals surface area contributed by atoms with Crippen molar-refractivity contribution < 1.29 is 10.0 Å². The summed E-state index contributed by atoms with van der Waals surface area (Å²) in [5, 5.41) is 14.5. The average molecular weight is 273 g/mol. The summed E-state index contributed by atoms with van der Waals surface area (Å²) >= 11 is 1.95. The maximum Gasteiger partial charge on any atom is 0.220 e. The van der Waals surface area contributed by atoms with Crippen LogP contribution in [-0.4, -0.2) is 34.5 Å². The second-order valence-electron chi connectivity index (χ2n) is 4.69. The number of hydrogen-bond donors (Lipinski definition) is 3. The Morgan fingerprint density at radius 3 is 2.78 bits per heavy atom. The van der Waals surface area contributed by atoms with Gasteiger partial charge in [0.2, 0.25) is 5.91 Å². The summed E-state index contributed by atoms with van der Waals surface area (Å²) < 4.78 is 0. The third kappa shape index (κ3) is 5.16. The van der Waals surface area contributed by atoms with Gasteiger partial charge in [0.15, 0.2) is 5.84 Å². The summed E-state index contributed by atoms with van der Waals surface area (Å²) in [6.45, 7) is 2.00. The first-order valence-corrected chi connectivity index (χ1v) is 7.67. The molecule has 6 heteroatoms. The van der Waals surface area contributed by atoms with Crippen molar-refractivity contribution >= 4 is 23.5 Å². The lowest BCUT2D eigenvalue weighted by molar-refractivity contribution is -0.122. The van der Waals surface area contributed by atoms with Crippen LogP contribution in [0.4, 0.5) is 0 Å². The highest BCUT2D eigenvalue weighted by atomic mass is 32.2. The Bertz CT molecular complexity index is 291. The molecule has 0 aromatic rings. The molecular weight excluding hydrogens is 250 g/mol. The maximum atomic E-state index is 11.9. The number of amidine groups is 1. The van der Waals surface area contributed by atoms with Crippen molar-refractivity contribution in [3.05, 3.63) is 0 Å². The van der Waals surface area contributed by atoms with E-state index in [0.717, 1.165) is 30.8 Å². The topological polar surface area (TPSA) is 87.7 Å². The normalized spacial score (nSPS) is 19.5. The molecule has 104 valence electrons. The van der Waals surface area contributed by atoms with E-state index in [2.05, 4.69) is 10.5 Å². The van der Waals surface area contributed by atoms with Crippen molar-refractivity contribution in [1.29, 1.82) is 0 Å². The molecule has 1 fully saturated rings. The Labute approximate surface area is 113 Å². The molecule has 0 radical (unpaired) electrons. The van der Waals surface area contributed by atoms with Crippen LogP contribution in [0.15, 0.2) is 5.16 Å². The summed E-state index contributed by atoms with van der Waals surface area (Å²) in [4.78, 5) is 11.9. The molecule has 5 nitrogen and oxygen atoms in total. The highest BCUT2D eigenvalue weighted by Crippen LogP contribution is 2.25. The number of carbonyl (C=O) groups excluding carboxylic acids is 1.